The van der Waals surface area contributed by atoms with E-state index in [1.165, 1.54) is 6.92 Å². The molecule has 0 amide bonds. The molecule has 0 aromatic carbocycles. The van der Waals surface area contributed by atoms with E-state index < -0.39 is 14.1 Å². The lowest BCUT2D eigenvalue weighted by Gasteiger charge is -2.21. The molecule has 0 aliphatic rings. The van der Waals surface area contributed by atoms with E-state index in [4.69, 9.17) is 39.9 Å². The summed E-state index contributed by atoms with van der Waals surface area (Å²) >= 11 is 19.1. The van der Waals surface area contributed by atoms with Crippen molar-refractivity contribution >= 4 is 56.7 Å². The first-order chi connectivity index (χ1) is 4.65. The fourth-order valence-electron chi connectivity index (χ4n) is 0.452. The van der Waals surface area contributed by atoms with Crippen molar-refractivity contribution in [2.75, 3.05) is 0 Å². The molecule has 0 saturated heterocycles. The van der Waals surface area contributed by atoms with Crippen LogP contribution in [0.25, 0.3) is 0 Å². The molecular formula is C5H6BrCl3O2. The Morgan fingerprint density at radius 3 is 2.00 bits per heavy atom. The van der Waals surface area contributed by atoms with Gasteiger partial charge in [-0.15, -0.1) is 0 Å². The molecule has 0 radical (unpaired) electrons. The number of carbonyl (C=O) groups is 1. The number of hydrogen-bond acceptors (Lipinski definition) is 1. The van der Waals surface area contributed by atoms with Gasteiger partial charge in [0.05, 0.1) is 0 Å². The minimum Gasteiger partial charge on any atom is -0.480 e. The molecule has 1 unspecified atom stereocenters. The molecule has 66 valence electrons. The highest BCUT2D eigenvalue weighted by atomic mass is 79.9. The minimum absolute atomic E-state index is 0.0833. The van der Waals surface area contributed by atoms with E-state index in [0.29, 0.717) is 0 Å². The summed E-state index contributed by atoms with van der Waals surface area (Å²) in [5.41, 5.74) is 0. The van der Waals surface area contributed by atoms with E-state index in [1.807, 2.05) is 0 Å². The van der Waals surface area contributed by atoms with Gasteiger partial charge < -0.3 is 5.11 Å². The maximum Gasteiger partial charge on any atom is 0.320 e. The Hall–Kier alpha value is 0.820. The molecule has 0 spiro atoms. The number of rotatable bonds is 2. The fraction of sp³-hybridized carbons (Fsp3) is 0.800. The van der Waals surface area contributed by atoms with Gasteiger partial charge in [-0.3, -0.25) is 4.79 Å². The molecule has 0 aliphatic carbocycles. The van der Waals surface area contributed by atoms with Crippen LogP contribution in [-0.4, -0.2) is 19.2 Å². The molecule has 0 rings (SSSR count). The van der Waals surface area contributed by atoms with Crippen LogP contribution in [0.4, 0.5) is 0 Å². The van der Waals surface area contributed by atoms with Crippen LogP contribution in [-0.2, 0) is 4.79 Å². The maximum absolute atomic E-state index is 10.5. The average molecular weight is 284 g/mol. The summed E-state index contributed by atoms with van der Waals surface area (Å²) in [5.74, 6) is -1.05. The largest absolute Gasteiger partial charge is 0.480 e. The first-order valence-electron chi connectivity index (χ1n) is 2.64. The van der Waals surface area contributed by atoms with Crippen LogP contribution in [0.5, 0.6) is 0 Å². The zero-order valence-electron chi connectivity index (χ0n) is 5.57. The Morgan fingerprint density at radius 1 is 1.55 bits per heavy atom. The van der Waals surface area contributed by atoms with Gasteiger partial charge in [-0.05, 0) is 6.92 Å². The SMILES string of the molecule is CC(Br)(CC(Cl)(Cl)Cl)C(=O)O. The molecule has 11 heavy (non-hydrogen) atoms. The molecule has 0 aromatic rings. The molecular weight excluding hydrogens is 278 g/mol. The van der Waals surface area contributed by atoms with Gasteiger partial charge in [0.2, 0.25) is 0 Å². The van der Waals surface area contributed by atoms with Crippen molar-refractivity contribution in [2.45, 2.75) is 21.5 Å². The van der Waals surface area contributed by atoms with Crippen molar-refractivity contribution in [3.8, 4) is 0 Å². The van der Waals surface area contributed by atoms with Crippen LogP contribution < -0.4 is 0 Å². The van der Waals surface area contributed by atoms with E-state index in [2.05, 4.69) is 15.9 Å². The summed E-state index contributed by atoms with van der Waals surface area (Å²) in [7, 11) is 0. The van der Waals surface area contributed by atoms with Gasteiger partial charge in [-0.1, -0.05) is 50.7 Å². The van der Waals surface area contributed by atoms with Gasteiger partial charge in [-0.25, -0.2) is 0 Å². The summed E-state index contributed by atoms with van der Waals surface area (Å²) in [6, 6.07) is 0. The Labute approximate surface area is 87.9 Å². The lowest BCUT2D eigenvalue weighted by Crippen LogP contribution is -2.32. The Kier molecular flexibility index (Phi) is 3.96. The number of hydrogen-bond donors (Lipinski definition) is 1. The quantitative estimate of drug-likeness (QED) is 0.792. The highest BCUT2D eigenvalue weighted by molar-refractivity contribution is 9.10. The van der Waals surface area contributed by atoms with E-state index in [9.17, 15) is 4.79 Å². The molecule has 0 heterocycles. The summed E-state index contributed by atoms with van der Waals surface area (Å²) in [5, 5.41) is 8.58. The molecule has 6 heteroatoms. The third-order valence-electron chi connectivity index (χ3n) is 0.978. The zero-order valence-corrected chi connectivity index (χ0v) is 9.43. The summed E-state index contributed by atoms with van der Waals surface area (Å²) in [6.07, 6.45) is -0.0833. The molecule has 1 N–H and O–H groups in total. The number of alkyl halides is 4. The maximum atomic E-state index is 10.5. The first-order valence-corrected chi connectivity index (χ1v) is 4.57. The Balaban J connectivity index is 4.25. The second-order valence-electron chi connectivity index (χ2n) is 2.29. The number of carboxylic acids is 1. The molecule has 1 atom stereocenters. The van der Waals surface area contributed by atoms with Crippen molar-refractivity contribution in [1.29, 1.82) is 0 Å². The van der Waals surface area contributed by atoms with E-state index in [1.54, 1.807) is 0 Å². The van der Waals surface area contributed by atoms with Gasteiger partial charge in [0.15, 0.2) is 3.79 Å². The molecule has 0 bridgehead atoms. The molecule has 0 aromatic heterocycles. The van der Waals surface area contributed by atoms with Crippen molar-refractivity contribution in [2.24, 2.45) is 0 Å². The van der Waals surface area contributed by atoms with Gasteiger partial charge in [0.25, 0.3) is 0 Å². The van der Waals surface area contributed by atoms with E-state index in [0.717, 1.165) is 0 Å². The predicted octanol–water partition coefficient (Wildman–Crippen LogP) is 2.98. The summed E-state index contributed by atoms with van der Waals surface area (Å²) in [4.78, 5) is 10.5. The van der Waals surface area contributed by atoms with Crippen LogP contribution in [0.1, 0.15) is 13.3 Å². The average Bonchev–Trinajstić information content (AvgIpc) is 1.56. The zero-order chi connectivity index (χ0) is 9.28. The second kappa shape index (κ2) is 3.69. The molecule has 2 nitrogen and oxygen atoms in total. The predicted molar refractivity (Wildman–Crippen MR) is 49.9 cm³/mol. The summed E-state index contributed by atoms with van der Waals surface area (Å²) in [6.45, 7) is 1.43. The van der Waals surface area contributed by atoms with E-state index >= 15 is 0 Å². The van der Waals surface area contributed by atoms with Crippen LogP contribution >= 0.6 is 50.7 Å². The molecule has 0 fully saturated rings. The van der Waals surface area contributed by atoms with Crippen LogP contribution in [0.3, 0.4) is 0 Å². The van der Waals surface area contributed by atoms with Crippen molar-refractivity contribution in [3.63, 3.8) is 0 Å². The van der Waals surface area contributed by atoms with Gasteiger partial charge in [-0.2, -0.15) is 0 Å². The number of carboxylic acid groups (broad SMARTS) is 1. The topological polar surface area (TPSA) is 37.3 Å². The summed E-state index contributed by atoms with van der Waals surface area (Å²) < 4.78 is -2.73. The van der Waals surface area contributed by atoms with Crippen molar-refractivity contribution in [3.05, 3.63) is 0 Å². The first kappa shape index (κ1) is 11.8. The lowest BCUT2D eigenvalue weighted by atomic mass is 10.1. The number of aliphatic carboxylic acids is 1. The van der Waals surface area contributed by atoms with Gasteiger partial charge in [0, 0.05) is 6.42 Å². The Morgan fingerprint density at radius 2 is 1.91 bits per heavy atom. The molecule has 0 aliphatic heterocycles. The van der Waals surface area contributed by atoms with Crippen LogP contribution in [0.2, 0.25) is 0 Å². The highest BCUT2D eigenvalue weighted by Gasteiger charge is 2.38. The van der Waals surface area contributed by atoms with E-state index in [-0.39, 0.29) is 6.42 Å². The lowest BCUT2D eigenvalue weighted by molar-refractivity contribution is -0.139. The normalized spacial score (nSPS) is 17.5. The standard InChI is InChI=1S/C5H6BrCl3O2/c1-4(6,3(10)11)2-5(7,8)9/h2H2,1H3,(H,10,11). The van der Waals surface area contributed by atoms with Crippen LogP contribution in [0.15, 0.2) is 0 Å². The van der Waals surface area contributed by atoms with Crippen molar-refractivity contribution < 1.29 is 9.90 Å². The monoisotopic (exact) mass is 282 g/mol. The minimum atomic E-state index is -1.54. The second-order valence-corrected chi connectivity index (χ2v) is 6.56. The van der Waals surface area contributed by atoms with Crippen molar-refractivity contribution in [1.82, 2.24) is 0 Å². The third kappa shape index (κ3) is 5.12. The van der Waals surface area contributed by atoms with Crippen LogP contribution in [0, 0.1) is 0 Å². The third-order valence-corrected chi connectivity index (χ3v) is 2.00. The highest BCUT2D eigenvalue weighted by Crippen LogP contribution is 2.38. The molecule has 0 saturated carbocycles. The number of halogens is 4. The van der Waals surface area contributed by atoms with Gasteiger partial charge >= 0.3 is 5.97 Å². The van der Waals surface area contributed by atoms with Gasteiger partial charge in [0.1, 0.15) is 4.32 Å². The smallest absolute Gasteiger partial charge is 0.320 e. The Bertz CT molecular complexity index is 164. The fourth-order valence-corrected chi connectivity index (χ4v) is 2.16.